The van der Waals surface area contributed by atoms with E-state index in [-0.39, 0.29) is 5.91 Å². The van der Waals surface area contributed by atoms with E-state index in [4.69, 9.17) is 12.2 Å². The first-order valence-corrected chi connectivity index (χ1v) is 8.21. The highest BCUT2D eigenvalue weighted by Crippen LogP contribution is 2.26. The van der Waals surface area contributed by atoms with Gasteiger partial charge in [-0.1, -0.05) is 0 Å². The summed E-state index contributed by atoms with van der Waals surface area (Å²) in [6.07, 6.45) is 5.33. The topological polar surface area (TPSA) is 68.0 Å². The van der Waals surface area contributed by atoms with Gasteiger partial charge in [0.2, 0.25) is 0 Å². The second-order valence-electron chi connectivity index (χ2n) is 5.12. The summed E-state index contributed by atoms with van der Waals surface area (Å²) in [6, 6.07) is 0. The second-order valence-corrected chi connectivity index (χ2v) is 6.36. The fourth-order valence-electron chi connectivity index (χ4n) is 2.37. The first kappa shape index (κ1) is 15.9. The number of aryl methyl sites for hydroxylation is 3. The molecule has 0 saturated carbocycles. The van der Waals surface area contributed by atoms with Gasteiger partial charge in [0.1, 0.15) is 11.4 Å². The van der Waals surface area contributed by atoms with E-state index in [0.717, 1.165) is 16.7 Å². The minimum Gasteiger partial charge on any atom is -0.327 e. The van der Waals surface area contributed by atoms with Crippen molar-refractivity contribution >= 4 is 50.9 Å². The third-order valence-electron chi connectivity index (χ3n) is 3.45. The molecular formula is C14H15BrN6OS. The number of halogens is 1. The van der Waals surface area contributed by atoms with Crippen LogP contribution < -0.4 is 10.2 Å². The molecule has 3 heterocycles. The normalized spacial score (nSPS) is 16.5. The zero-order valence-corrected chi connectivity index (χ0v) is 15.3. The molecule has 1 amide bonds. The molecule has 0 aliphatic carbocycles. The van der Waals surface area contributed by atoms with Gasteiger partial charge in [0.05, 0.1) is 15.9 Å². The number of nitrogens with one attached hydrogen (secondary N) is 1. The number of anilines is 1. The Morgan fingerprint density at radius 3 is 2.70 bits per heavy atom. The lowest BCUT2D eigenvalue weighted by molar-refractivity contribution is -0.113. The van der Waals surface area contributed by atoms with Gasteiger partial charge in [-0.25, -0.2) is 4.90 Å². The van der Waals surface area contributed by atoms with Gasteiger partial charge < -0.3 is 5.32 Å². The number of rotatable bonds is 3. The van der Waals surface area contributed by atoms with Gasteiger partial charge in [0, 0.05) is 26.0 Å². The molecule has 0 atom stereocenters. The Morgan fingerprint density at radius 2 is 2.13 bits per heavy atom. The van der Waals surface area contributed by atoms with Crippen LogP contribution in [-0.2, 0) is 18.4 Å². The van der Waals surface area contributed by atoms with Gasteiger partial charge in [-0.3, -0.25) is 14.2 Å². The molecule has 9 heteroatoms. The number of aromatic nitrogens is 4. The van der Waals surface area contributed by atoms with Crippen LogP contribution in [0.3, 0.4) is 0 Å². The van der Waals surface area contributed by atoms with Crippen LogP contribution >= 0.6 is 28.1 Å². The highest BCUT2D eigenvalue weighted by atomic mass is 79.9. The molecule has 120 valence electrons. The molecule has 2 aromatic heterocycles. The van der Waals surface area contributed by atoms with E-state index in [2.05, 4.69) is 31.4 Å². The lowest BCUT2D eigenvalue weighted by atomic mass is 10.3. The summed E-state index contributed by atoms with van der Waals surface area (Å²) in [5.74, 6) is -0.218. The van der Waals surface area contributed by atoms with Gasteiger partial charge in [-0.2, -0.15) is 10.2 Å². The van der Waals surface area contributed by atoms with E-state index in [1.807, 2.05) is 20.0 Å². The smallest absolute Gasteiger partial charge is 0.281 e. The van der Waals surface area contributed by atoms with Crippen molar-refractivity contribution in [2.24, 2.45) is 7.05 Å². The summed E-state index contributed by atoms with van der Waals surface area (Å²) in [4.78, 5) is 14.1. The molecule has 0 aromatic carbocycles. The van der Waals surface area contributed by atoms with Crippen molar-refractivity contribution in [3.05, 3.63) is 34.0 Å². The molecule has 7 nitrogen and oxygen atoms in total. The summed E-state index contributed by atoms with van der Waals surface area (Å²) < 4.78 is 4.27. The van der Waals surface area contributed by atoms with Crippen molar-refractivity contribution in [3.63, 3.8) is 0 Å². The summed E-state index contributed by atoms with van der Waals surface area (Å²) in [7, 11) is 1.80. The van der Waals surface area contributed by atoms with Crippen LogP contribution in [0, 0.1) is 6.92 Å². The molecule has 1 saturated heterocycles. The van der Waals surface area contributed by atoms with Gasteiger partial charge in [-0.15, -0.1) is 0 Å². The Kier molecular flexibility index (Phi) is 4.07. The molecule has 1 aliphatic rings. The van der Waals surface area contributed by atoms with E-state index >= 15 is 0 Å². The number of carbonyl (C=O) groups is 1. The first-order chi connectivity index (χ1) is 10.9. The largest absolute Gasteiger partial charge is 0.327 e. The van der Waals surface area contributed by atoms with Gasteiger partial charge in [-0.05, 0) is 48.1 Å². The van der Waals surface area contributed by atoms with Crippen molar-refractivity contribution in [1.29, 1.82) is 0 Å². The Labute approximate surface area is 147 Å². The average Bonchev–Trinajstić information content (AvgIpc) is 3.09. The quantitative estimate of drug-likeness (QED) is 0.636. The molecule has 0 spiro atoms. The third kappa shape index (κ3) is 2.81. The van der Waals surface area contributed by atoms with Crippen molar-refractivity contribution in [1.82, 2.24) is 24.9 Å². The van der Waals surface area contributed by atoms with Crippen molar-refractivity contribution in [2.75, 3.05) is 4.90 Å². The lowest BCUT2D eigenvalue weighted by Crippen LogP contribution is -2.30. The maximum Gasteiger partial charge on any atom is 0.281 e. The average molecular weight is 395 g/mol. The minimum atomic E-state index is -0.218. The molecular weight excluding hydrogens is 380 g/mol. The predicted molar refractivity (Wildman–Crippen MR) is 94.7 cm³/mol. The Hall–Kier alpha value is -2.00. The predicted octanol–water partition coefficient (Wildman–Crippen LogP) is 1.97. The molecule has 1 aliphatic heterocycles. The van der Waals surface area contributed by atoms with Crippen LogP contribution in [0.15, 0.2) is 22.6 Å². The van der Waals surface area contributed by atoms with Crippen LogP contribution in [0.25, 0.3) is 6.08 Å². The Bertz CT molecular complexity index is 836. The fourth-order valence-corrected chi connectivity index (χ4v) is 3.09. The van der Waals surface area contributed by atoms with Crippen molar-refractivity contribution in [2.45, 2.75) is 20.4 Å². The monoisotopic (exact) mass is 394 g/mol. The summed E-state index contributed by atoms with van der Waals surface area (Å²) in [6.45, 7) is 4.59. The highest BCUT2D eigenvalue weighted by Gasteiger charge is 2.34. The van der Waals surface area contributed by atoms with Crippen LogP contribution in [0.5, 0.6) is 0 Å². The number of nitrogens with zero attached hydrogens (tertiary/aromatic N) is 5. The summed E-state index contributed by atoms with van der Waals surface area (Å²) in [5.41, 5.74) is 2.48. The van der Waals surface area contributed by atoms with E-state index in [1.165, 1.54) is 4.90 Å². The van der Waals surface area contributed by atoms with E-state index in [0.29, 0.717) is 22.2 Å². The maximum atomic E-state index is 12.7. The van der Waals surface area contributed by atoms with Crippen LogP contribution in [0.4, 0.5) is 5.69 Å². The molecule has 2 aromatic rings. The number of hydrogen-bond donors (Lipinski definition) is 1. The van der Waals surface area contributed by atoms with E-state index < -0.39 is 0 Å². The Balaban J connectivity index is 1.96. The molecule has 0 radical (unpaired) electrons. The standard InChI is InChI=1S/C14H15BrN6OS/c1-4-20-6-9(15)10(18-20)5-11-13(22)21(14(23)16-11)12-7-19(3)17-8(12)2/h5-7H,4H2,1-3H3,(H,16,23)/b11-5+. The number of carbonyl (C=O) groups excluding carboxylic acids is 1. The number of thiocarbonyl (C=S) groups is 1. The van der Waals surface area contributed by atoms with Gasteiger partial charge >= 0.3 is 0 Å². The second kappa shape index (κ2) is 5.89. The van der Waals surface area contributed by atoms with Gasteiger partial charge in [0.15, 0.2) is 5.11 Å². The zero-order valence-electron chi connectivity index (χ0n) is 12.9. The van der Waals surface area contributed by atoms with E-state index in [1.54, 1.807) is 28.7 Å². The number of hydrogen-bond acceptors (Lipinski definition) is 4. The van der Waals surface area contributed by atoms with Crippen molar-refractivity contribution in [3.8, 4) is 0 Å². The Morgan fingerprint density at radius 1 is 1.39 bits per heavy atom. The minimum absolute atomic E-state index is 0.218. The zero-order chi connectivity index (χ0) is 16.7. The molecule has 1 fully saturated rings. The maximum absolute atomic E-state index is 12.7. The third-order valence-corrected chi connectivity index (χ3v) is 4.35. The molecule has 23 heavy (non-hydrogen) atoms. The lowest BCUT2D eigenvalue weighted by Gasteiger charge is -2.11. The van der Waals surface area contributed by atoms with Crippen molar-refractivity contribution < 1.29 is 4.79 Å². The summed E-state index contributed by atoms with van der Waals surface area (Å²) in [5, 5.41) is 11.9. The van der Waals surface area contributed by atoms with Crippen LogP contribution in [-0.4, -0.2) is 30.6 Å². The molecule has 3 rings (SSSR count). The van der Waals surface area contributed by atoms with E-state index in [9.17, 15) is 4.79 Å². The SMILES string of the molecule is CCn1cc(Br)c(/C=C2/NC(=S)N(c3cn(C)nc3C)C2=O)n1. The fraction of sp³-hybridized carbons (Fsp3) is 0.286. The summed E-state index contributed by atoms with van der Waals surface area (Å²) >= 11 is 8.75. The number of amides is 1. The first-order valence-electron chi connectivity index (χ1n) is 7.01. The molecule has 0 bridgehead atoms. The van der Waals surface area contributed by atoms with Crippen LogP contribution in [0.1, 0.15) is 18.3 Å². The highest BCUT2D eigenvalue weighted by molar-refractivity contribution is 9.10. The molecule has 0 unspecified atom stereocenters. The van der Waals surface area contributed by atoms with Gasteiger partial charge in [0.25, 0.3) is 5.91 Å². The molecule has 1 N–H and O–H groups in total. The van der Waals surface area contributed by atoms with Crippen LogP contribution in [0.2, 0.25) is 0 Å².